The van der Waals surface area contributed by atoms with E-state index in [1.165, 1.54) is 11.6 Å². The standard InChI is InChI=1S/C20H21NO3/c22-19(17-8-4-5-9-18(17)20(23)24)21-12-10-16(11-13-21)14-15-6-2-1-3-7-15/h1-9,16H,10-14H2,(H,23,24). The summed E-state index contributed by atoms with van der Waals surface area (Å²) < 4.78 is 0. The maximum atomic E-state index is 12.7. The van der Waals surface area contributed by atoms with Gasteiger partial charge >= 0.3 is 5.97 Å². The lowest BCUT2D eigenvalue weighted by atomic mass is 9.90. The Morgan fingerprint density at radius 1 is 0.917 bits per heavy atom. The van der Waals surface area contributed by atoms with E-state index in [1.807, 2.05) is 6.07 Å². The van der Waals surface area contributed by atoms with Gasteiger partial charge in [-0.25, -0.2) is 4.79 Å². The number of hydrogen-bond acceptors (Lipinski definition) is 2. The van der Waals surface area contributed by atoms with Crippen molar-refractivity contribution >= 4 is 11.9 Å². The molecule has 0 spiro atoms. The van der Waals surface area contributed by atoms with Crippen LogP contribution >= 0.6 is 0 Å². The Balaban J connectivity index is 1.62. The van der Waals surface area contributed by atoms with E-state index in [2.05, 4.69) is 24.3 Å². The summed E-state index contributed by atoms with van der Waals surface area (Å²) in [6, 6.07) is 16.8. The van der Waals surface area contributed by atoms with Crippen LogP contribution in [0.25, 0.3) is 0 Å². The molecule has 0 bridgehead atoms. The lowest BCUT2D eigenvalue weighted by Crippen LogP contribution is -2.39. The smallest absolute Gasteiger partial charge is 0.336 e. The molecule has 0 unspecified atom stereocenters. The summed E-state index contributed by atoms with van der Waals surface area (Å²) >= 11 is 0. The SMILES string of the molecule is O=C(O)c1ccccc1C(=O)N1CCC(Cc2ccccc2)CC1. The van der Waals surface area contributed by atoms with Gasteiger partial charge < -0.3 is 10.0 Å². The zero-order chi connectivity index (χ0) is 16.9. The van der Waals surface area contributed by atoms with Gasteiger partial charge in [-0.3, -0.25) is 4.79 Å². The highest BCUT2D eigenvalue weighted by Crippen LogP contribution is 2.23. The quantitative estimate of drug-likeness (QED) is 0.937. The minimum absolute atomic E-state index is 0.0777. The molecule has 2 aromatic rings. The average Bonchev–Trinajstić information content (AvgIpc) is 2.62. The molecule has 1 fully saturated rings. The Labute approximate surface area is 141 Å². The van der Waals surface area contributed by atoms with Crippen LogP contribution < -0.4 is 0 Å². The largest absolute Gasteiger partial charge is 0.478 e. The molecule has 2 aromatic carbocycles. The van der Waals surface area contributed by atoms with Gasteiger partial charge in [0.1, 0.15) is 0 Å². The van der Waals surface area contributed by atoms with Gasteiger partial charge in [0.15, 0.2) is 0 Å². The van der Waals surface area contributed by atoms with Crippen molar-refractivity contribution < 1.29 is 14.7 Å². The van der Waals surface area contributed by atoms with Gasteiger partial charge in [0.25, 0.3) is 5.91 Å². The zero-order valence-corrected chi connectivity index (χ0v) is 13.5. The molecule has 1 aliphatic heterocycles. The number of benzene rings is 2. The van der Waals surface area contributed by atoms with Gasteiger partial charge in [0.05, 0.1) is 11.1 Å². The van der Waals surface area contributed by atoms with E-state index in [4.69, 9.17) is 0 Å². The molecular formula is C20H21NO3. The normalized spacial score (nSPS) is 15.2. The number of piperidine rings is 1. The maximum absolute atomic E-state index is 12.7. The summed E-state index contributed by atoms with van der Waals surface area (Å²) in [6.07, 6.45) is 2.94. The summed E-state index contributed by atoms with van der Waals surface area (Å²) in [5.41, 5.74) is 1.69. The second-order valence-corrected chi connectivity index (χ2v) is 6.28. The van der Waals surface area contributed by atoms with Crippen LogP contribution in [0, 0.1) is 5.92 Å². The third kappa shape index (κ3) is 3.65. The van der Waals surface area contributed by atoms with Crippen molar-refractivity contribution in [2.45, 2.75) is 19.3 Å². The third-order valence-electron chi connectivity index (χ3n) is 4.66. The maximum Gasteiger partial charge on any atom is 0.336 e. The number of carbonyl (C=O) groups excluding carboxylic acids is 1. The number of nitrogens with zero attached hydrogens (tertiary/aromatic N) is 1. The fourth-order valence-corrected chi connectivity index (χ4v) is 3.31. The van der Waals surface area contributed by atoms with Crippen LogP contribution in [0.3, 0.4) is 0 Å². The van der Waals surface area contributed by atoms with Gasteiger partial charge in [0.2, 0.25) is 0 Å². The van der Waals surface area contributed by atoms with Gasteiger partial charge in [-0.05, 0) is 42.9 Å². The van der Waals surface area contributed by atoms with Crippen molar-refractivity contribution in [2.24, 2.45) is 5.92 Å². The lowest BCUT2D eigenvalue weighted by Gasteiger charge is -2.32. The molecular weight excluding hydrogens is 302 g/mol. The topological polar surface area (TPSA) is 57.6 Å². The van der Waals surface area contributed by atoms with Crippen molar-refractivity contribution in [3.8, 4) is 0 Å². The summed E-state index contributed by atoms with van der Waals surface area (Å²) in [4.78, 5) is 25.7. The molecule has 124 valence electrons. The van der Waals surface area contributed by atoms with Crippen molar-refractivity contribution in [1.82, 2.24) is 4.90 Å². The zero-order valence-electron chi connectivity index (χ0n) is 13.5. The van der Waals surface area contributed by atoms with Crippen LogP contribution in [-0.2, 0) is 6.42 Å². The molecule has 0 radical (unpaired) electrons. The average molecular weight is 323 g/mol. The van der Waals surface area contributed by atoms with E-state index in [0.717, 1.165) is 19.3 Å². The number of aromatic carboxylic acids is 1. The molecule has 0 saturated carbocycles. The van der Waals surface area contributed by atoms with Gasteiger partial charge in [0, 0.05) is 13.1 Å². The molecule has 0 aliphatic carbocycles. The summed E-state index contributed by atoms with van der Waals surface area (Å²) in [5, 5.41) is 9.25. The Morgan fingerprint density at radius 3 is 2.12 bits per heavy atom. The minimum atomic E-state index is -1.06. The highest BCUT2D eigenvalue weighted by Gasteiger charge is 2.26. The number of carboxylic acids is 1. The Hall–Kier alpha value is -2.62. The van der Waals surface area contributed by atoms with Crippen LogP contribution in [0.1, 0.15) is 39.1 Å². The van der Waals surface area contributed by atoms with Crippen LogP contribution in [0.15, 0.2) is 54.6 Å². The van der Waals surface area contributed by atoms with E-state index in [-0.39, 0.29) is 17.0 Å². The van der Waals surface area contributed by atoms with Crippen LogP contribution in [-0.4, -0.2) is 35.0 Å². The first kappa shape index (κ1) is 16.2. The second kappa shape index (κ2) is 7.30. The van der Waals surface area contributed by atoms with Crippen molar-refractivity contribution in [2.75, 3.05) is 13.1 Å². The molecule has 1 saturated heterocycles. The highest BCUT2D eigenvalue weighted by atomic mass is 16.4. The molecule has 1 aliphatic rings. The van der Waals surface area contributed by atoms with Crippen LogP contribution in [0.4, 0.5) is 0 Å². The Morgan fingerprint density at radius 2 is 1.50 bits per heavy atom. The van der Waals surface area contributed by atoms with Gasteiger partial charge in [-0.15, -0.1) is 0 Å². The molecule has 3 rings (SSSR count). The molecule has 4 nitrogen and oxygen atoms in total. The van der Waals surface area contributed by atoms with Crippen LogP contribution in [0.2, 0.25) is 0 Å². The fraction of sp³-hybridized carbons (Fsp3) is 0.300. The van der Waals surface area contributed by atoms with Gasteiger partial charge in [-0.2, -0.15) is 0 Å². The third-order valence-corrected chi connectivity index (χ3v) is 4.66. The van der Waals surface area contributed by atoms with E-state index in [1.54, 1.807) is 23.1 Å². The molecule has 0 atom stereocenters. The number of rotatable bonds is 4. The minimum Gasteiger partial charge on any atom is -0.478 e. The Bertz CT molecular complexity index is 719. The number of carboxylic acid groups (broad SMARTS) is 1. The molecule has 24 heavy (non-hydrogen) atoms. The molecule has 1 heterocycles. The molecule has 0 aromatic heterocycles. The van der Waals surface area contributed by atoms with E-state index < -0.39 is 5.97 Å². The van der Waals surface area contributed by atoms with Gasteiger partial charge in [-0.1, -0.05) is 42.5 Å². The molecule has 4 heteroatoms. The first-order valence-corrected chi connectivity index (χ1v) is 8.30. The predicted octanol–water partition coefficient (Wildman–Crippen LogP) is 3.48. The Kier molecular flexibility index (Phi) is 4.94. The number of likely N-dealkylation sites (tertiary alicyclic amines) is 1. The first-order valence-electron chi connectivity index (χ1n) is 8.30. The van der Waals surface area contributed by atoms with E-state index in [9.17, 15) is 14.7 Å². The van der Waals surface area contributed by atoms with Crippen LogP contribution in [0.5, 0.6) is 0 Å². The lowest BCUT2D eigenvalue weighted by molar-refractivity contribution is 0.0651. The van der Waals surface area contributed by atoms with Crippen molar-refractivity contribution in [3.05, 3.63) is 71.3 Å². The van der Waals surface area contributed by atoms with E-state index in [0.29, 0.717) is 19.0 Å². The van der Waals surface area contributed by atoms with E-state index >= 15 is 0 Å². The monoisotopic (exact) mass is 323 g/mol. The summed E-state index contributed by atoms with van der Waals surface area (Å²) in [7, 11) is 0. The molecule has 1 amide bonds. The second-order valence-electron chi connectivity index (χ2n) is 6.28. The number of hydrogen-bond donors (Lipinski definition) is 1. The highest BCUT2D eigenvalue weighted by molar-refractivity contribution is 6.04. The van der Waals surface area contributed by atoms with Crippen molar-refractivity contribution in [3.63, 3.8) is 0 Å². The summed E-state index contributed by atoms with van der Waals surface area (Å²) in [6.45, 7) is 1.37. The predicted molar refractivity (Wildman–Crippen MR) is 92.2 cm³/mol. The summed E-state index contributed by atoms with van der Waals surface area (Å²) in [5.74, 6) is -0.657. The van der Waals surface area contributed by atoms with Crippen molar-refractivity contribution in [1.29, 1.82) is 0 Å². The first-order chi connectivity index (χ1) is 11.6. The fourth-order valence-electron chi connectivity index (χ4n) is 3.31. The number of amides is 1. The molecule has 1 N–H and O–H groups in total. The number of carbonyl (C=O) groups is 2.